The molecule has 0 saturated carbocycles. The van der Waals surface area contributed by atoms with Gasteiger partial charge >= 0.3 is 240 Å². The molecule has 2 aromatic rings. The molecular weight excluding hydrogens is 574 g/mol. The standard InChI is InChI=1S/C32H38F2O2Si.Zr/c1-31(2,3)29-21(23-17-19(33)9-13-25(23)35)11-15-27(29)37(7,8)28-16-12-22(30(28)32(4,5)6)24-18-20(34)10-14-26(24)36;/h9-10,13-18,35-36H,11-12H2,1-8H3;/q;+2/p-2. The van der Waals surface area contributed by atoms with Crippen molar-refractivity contribution in [2.45, 2.75) is 67.5 Å². The number of benzene rings is 2. The molecule has 6 heteroatoms. The van der Waals surface area contributed by atoms with Crippen LogP contribution in [0.4, 0.5) is 8.78 Å². The van der Waals surface area contributed by atoms with Crippen LogP contribution < -0.4 is 5.63 Å². The molecule has 4 bridgehead atoms. The quantitative estimate of drug-likeness (QED) is 0.277. The van der Waals surface area contributed by atoms with Gasteiger partial charge in [-0.15, -0.1) is 0 Å². The molecule has 0 unspecified atom stereocenters. The van der Waals surface area contributed by atoms with E-state index < -0.39 is 32.2 Å². The van der Waals surface area contributed by atoms with Gasteiger partial charge in [0.1, 0.15) is 0 Å². The fraction of sp³-hybridized carbons (Fsp3) is 0.375. The van der Waals surface area contributed by atoms with Gasteiger partial charge in [0.2, 0.25) is 0 Å². The number of fused-ring (bicyclic) bond motifs is 6. The molecule has 2 aliphatic carbocycles. The monoisotopic (exact) mass is 608 g/mol. The van der Waals surface area contributed by atoms with Gasteiger partial charge in [-0.3, -0.25) is 0 Å². The van der Waals surface area contributed by atoms with Crippen LogP contribution in [-0.4, -0.2) is 8.07 Å². The molecule has 0 radical (unpaired) electrons. The fourth-order valence-electron chi connectivity index (χ4n) is 6.39. The third kappa shape index (κ3) is 4.77. The summed E-state index contributed by atoms with van der Waals surface area (Å²) in [5.74, 6) is 0.794. The Morgan fingerprint density at radius 2 is 1.08 bits per heavy atom. The maximum atomic E-state index is 14.7. The second-order valence-corrected chi connectivity index (χ2v) is 18.8. The molecule has 0 fully saturated rings. The van der Waals surface area contributed by atoms with E-state index in [0.29, 0.717) is 11.5 Å². The zero-order chi connectivity index (χ0) is 27.6. The average Bonchev–Trinajstić information content (AvgIpc) is 3.46. The fourth-order valence-corrected chi connectivity index (χ4v) is 11.6. The first-order valence-electron chi connectivity index (χ1n) is 13.3. The van der Waals surface area contributed by atoms with Crippen LogP contribution in [0.2, 0.25) is 13.1 Å². The Labute approximate surface area is 239 Å². The van der Waals surface area contributed by atoms with E-state index in [1.165, 1.54) is 33.7 Å². The molecule has 1 aliphatic heterocycles. The normalized spacial score (nSPS) is 19.0. The maximum absolute atomic E-state index is 14.7. The molecule has 0 spiro atoms. The van der Waals surface area contributed by atoms with Gasteiger partial charge in [0.05, 0.1) is 0 Å². The van der Waals surface area contributed by atoms with Crippen LogP contribution >= 0.6 is 0 Å². The topological polar surface area (TPSA) is 18.5 Å². The second kappa shape index (κ2) is 9.55. The van der Waals surface area contributed by atoms with Gasteiger partial charge < -0.3 is 0 Å². The van der Waals surface area contributed by atoms with E-state index in [0.717, 1.165) is 35.1 Å². The zero-order valence-electron chi connectivity index (χ0n) is 23.6. The molecule has 5 rings (SSSR count). The number of halogens is 2. The van der Waals surface area contributed by atoms with E-state index >= 15 is 0 Å². The molecular formula is C32H36F2O2SiZr. The number of hydrogen-bond acceptors (Lipinski definition) is 2. The van der Waals surface area contributed by atoms with Crippen molar-refractivity contribution in [2.75, 3.05) is 0 Å². The van der Waals surface area contributed by atoms with Crippen LogP contribution in [0.5, 0.6) is 11.5 Å². The van der Waals surface area contributed by atoms with Crippen LogP contribution in [0, 0.1) is 22.5 Å². The van der Waals surface area contributed by atoms with E-state index in [2.05, 4.69) is 66.8 Å². The molecule has 2 aromatic carbocycles. The van der Waals surface area contributed by atoms with Crippen molar-refractivity contribution >= 4 is 19.2 Å². The molecule has 0 atom stereocenters. The molecule has 0 saturated heterocycles. The summed E-state index contributed by atoms with van der Waals surface area (Å²) in [4.78, 5) is 0. The molecule has 0 amide bonds. The van der Waals surface area contributed by atoms with Crippen LogP contribution in [0.25, 0.3) is 11.1 Å². The Morgan fingerprint density at radius 1 is 0.684 bits per heavy atom. The van der Waals surface area contributed by atoms with Crippen LogP contribution in [0.3, 0.4) is 0 Å². The minimum absolute atomic E-state index is 0.136. The summed E-state index contributed by atoms with van der Waals surface area (Å²) in [7, 11) is -2.24. The van der Waals surface area contributed by atoms with E-state index in [9.17, 15) is 8.78 Å². The predicted octanol–water partition coefficient (Wildman–Crippen LogP) is 9.40. The molecule has 0 N–H and O–H groups in total. The first-order valence-corrected chi connectivity index (χ1v) is 18.3. The minimum atomic E-state index is -2.24. The Morgan fingerprint density at radius 3 is 1.45 bits per heavy atom. The van der Waals surface area contributed by atoms with Gasteiger partial charge in [-0.1, -0.05) is 0 Å². The molecule has 2 nitrogen and oxygen atoms in total. The third-order valence-electron chi connectivity index (χ3n) is 7.85. The molecule has 0 aromatic heterocycles. The Hall–Kier alpha value is -2.04. The van der Waals surface area contributed by atoms with Crippen molar-refractivity contribution in [3.05, 3.63) is 92.9 Å². The van der Waals surface area contributed by atoms with Crippen molar-refractivity contribution in [3.8, 4) is 11.5 Å². The van der Waals surface area contributed by atoms with Gasteiger partial charge in [0, 0.05) is 0 Å². The summed E-state index contributed by atoms with van der Waals surface area (Å²) in [6, 6.07) is 9.59. The number of hydrogen-bond donors (Lipinski definition) is 0. The average molecular weight is 610 g/mol. The number of rotatable bonds is 0. The SMILES string of the molecule is CC(C)(C)C1=C2CC=C1[Si](C)(C)C1=CCC(=C1C(C)(C)C)c1cc(F)ccc1[O][Zr][O]c1ccc(F)cc12. The molecule has 3 aliphatic rings. The number of allylic oxidation sites excluding steroid dienone is 8. The van der Waals surface area contributed by atoms with Gasteiger partial charge in [0.25, 0.3) is 0 Å². The van der Waals surface area contributed by atoms with Gasteiger partial charge in [-0.2, -0.15) is 0 Å². The predicted molar refractivity (Wildman–Crippen MR) is 150 cm³/mol. The zero-order valence-corrected chi connectivity index (χ0v) is 27.1. The molecule has 198 valence electrons. The van der Waals surface area contributed by atoms with Crippen LogP contribution in [0.1, 0.15) is 65.5 Å². The summed E-state index contributed by atoms with van der Waals surface area (Å²) in [5, 5.41) is 2.83. The molecule has 38 heavy (non-hydrogen) atoms. The Balaban J connectivity index is 1.82. The van der Waals surface area contributed by atoms with Gasteiger partial charge in [-0.25, -0.2) is 0 Å². The van der Waals surface area contributed by atoms with Crippen molar-refractivity contribution < 1.29 is 38.5 Å². The van der Waals surface area contributed by atoms with Crippen LogP contribution in [0.15, 0.2) is 70.1 Å². The Bertz CT molecular complexity index is 1340. The first kappa shape index (κ1) is 27.5. The summed E-state index contributed by atoms with van der Waals surface area (Å²) in [6.45, 7) is 18.4. The van der Waals surface area contributed by atoms with E-state index in [-0.39, 0.29) is 22.5 Å². The second-order valence-electron chi connectivity index (χ2n) is 13.0. The Kier molecular flexibility index (Phi) is 6.92. The first-order chi connectivity index (χ1) is 17.7. The van der Waals surface area contributed by atoms with Crippen molar-refractivity contribution in [1.82, 2.24) is 0 Å². The summed E-state index contributed by atoms with van der Waals surface area (Å²) >= 11 is -1.88. The van der Waals surface area contributed by atoms with Crippen molar-refractivity contribution in [1.29, 1.82) is 0 Å². The summed E-state index contributed by atoms with van der Waals surface area (Å²) < 4.78 is 42.0. The van der Waals surface area contributed by atoms with Gasteiger partial charge in [0.15, 0.2) is 0 Å². The van der Waals surface area contributed by atoms with Crippen molar-refractivity contribution in [2.24, 2.45) is 10.8 Å². The van der Waals surface area contributed by atoms with Gasteiger partial charge in [-0.05, 0) is 0 Å². The van der Waals surface area contributed by atoms with Crippen LogP contribution in [-0.2, 0) is 24.1 Å². The molecule has 1 heterocycles. The summed E-state index contributed by atoms with van der Waals surface area (Å²) in [6.07, 6.45) is 6.29. The summed E-state index contributed by atoms with van der Waals surface area (Å²) in [5.41, 5.74) is 6.29. The van der Waals surface area contributed by atoms with Crippen molar-refractivity contribution in [3.63, 3.8) is 0 Å². The third-order valence-corrected chi connectivity index (χ3v) is 12.9. The van der Waals surface area contributed by atoms with E-state index in [1.54, 1.807) is 24.3 Å². The van der Waals surface area contributed by atoms with E-state index in [4.69, 9.17) is 5.63 Å². The van der Waals surface area contributed by atoms with E-state index in [1.807, 2.05) is 0 Å².